The van der Waals surface area contributed by atoms with Crippen molar-refractivity contribution in [1.82, 2.24) is 24.7 Å². The molecular formula is C20H23N5O. The zero-order valence-corrected chi connectivity index (χ0v) is 15.3. The molecule has 0 bridgehead atoms. The molecule has 1 saturated carbocycles. The first-order valence-corrected chi connectivity index (χ1v) is 9.11. The summed E-state index contributed by atoms with van der Waals surface area (Å²) in [5, 5.41) is 3.10. The van der Waals surface area contributed by atoms with Crippen molar-refractivity contribution in [2.45, 2.75) is 39.7 Å². The first-order chi connectivity index (χ1) is 12.5. The fourth-order valence-corrected chi connectivity index (χ4v) is 3.36. The van der Waals surface area contributed by atoms with E-state index in [9.17, 15) is 4.79 Å². The van der Waals surface area contributed by atoms with E-state index in [1.165, 1.54) is 12.8 Å². The lowest BCUT2D eigenvalue weighted by Gasteiger charge is -2.20. The number of aryl methyl sites for hydroxylation is 1. The maximum atomic E-state index is 12.8. The molecule has 1 amide bonds. The van der Waals surface area contributed by atoms with Gasteiger partial charge in [-0.25, -0.2) is 9.97 Å². The molecule has 1 N–H and O–H groups in total. The second-order valence-electron chi connectivity index (χ2n) is 7.24. The molecule has 26 heavy (non-hydrogen) atoms. The van der Waals surface area contributed by atoms with E-state index in [2.05, 4.69) is 34.1 Å². The zero-order chi connectivity index (χ0) is 18.3. The van der Waals surface area contributed by atoms with E-state index in [1.807, 2.05) is 35.6 Å². The van der Waals surface area contributed by atoms with Gasteiger partial charge in [0.05, 0.1) is 11.4 Å². The van der Waals surface area contributed by atoms with Crippen LogP contribution in [0.5, 0.6) is 0 Å². The number of fused-ring (bicyclic) bond motifs is 1. The second-order valence-corrected chi connectivity index (χ2v) is 7.24. The van der Waals surface area contributed by atoms with Crippen LogP contribution < -0.4 is 5.32 Å². The van der Waals surface area contributed by atoms with Crippen LogP contribution >= 0.6 is 0 Å². The molecule has 4 rings (SSSR count). The van der Waals surface area contributed by atoms with Crippen LogP contribution in [0.2, 0.25) is 0 Å². The maximum absolute atomic E-state index is 12.8. The van der Waals surface area contributed by atoms with Crippen LogP contribution in [0.25, 0.3) is 17.0 Å². The van der Waals surface area contributed by atoms with Gasteiger partial charge in [0, 0.05) is 17.9 Å². The number of aromatic nitrogens is 4. The Kier molecular flexibility index (Phi) is 4.18. The Bertz CT molecular complexity index is 945. The number of hydrogen-bond donors (Lipinski definition) is 1. The van der Waals surface area contributed by atoms with Gasteiger partial charge in [0.15, 0.2) is 11.3 Å². The third kappa shape index (κ3) is 3.07. The third-order valence-electron chi connectivity index (χ3n) is 5.35. The molecule has 6 nitrogen and oxygen atoms in total. The Balaban J connectivity index is 1.67. The molecule has 0 saturated heterocycles. The summed E-state index contributed by atoms with van der Waals surface area (Å²) in [6.45, 7) is 6.24. The Morgan fingerprint density at radius 3 is 2.73 bits per heavy atom. The molecule has 2 atom stereocenters. The molecule has 1 fully saturated rings. The molecule has 0 aromatic carbocycles. The van der Waals surface area contributed by atoms with Crippen molar-refractivity contribution in [2.75, 3.05) is 0 Å². The van der Waals surface area contributed by atoms with E-state index in [4.69, 9.17) is 0 Å². The van der Waals surface area contributed by atoms with Crippen LogP contribution in [0.4, 0.5) is 0 Å². The molecule has 3 aromatic rings. The number of amides is 1. The monoisotopic (exact) mass is 349 g/mol. The van der Waals surface area contributed by atoms with Crippen molar-refractivity contribution in [3.05, 3.63) is 48.2 Å². The predicted molar refractivity (Wildman–Crippen MR) is 99.8 cm³/mol. The number of hydrogen-bond acceptors (Lipinski definition) is 4. The number of carbonyl (C=O) groups is 1. The zero-order valence-electron chi connectivity index (χ0n) is 15.3. The number of nitrogens with one attached hydrogen (secondary N) is 1. The van der Waals surface area contributed by atoms with Gasteiger partial charge in [-0.05, 0) is 56.7 Å². The van der Waals surface area contributed by atoms with Crippen LogP contribution in [0.3, 0.4) is 0 Å². The van der Waals surface area contributed by atoms with Crippen LogP contribution in [0.15, 0.2) is 36.8 Å². The van der Waals surface area contributed by atoms with Crippen LogP contribution in [0, 0.1) is 18.8 Å². The average molecular weight is 349 g/mol. The van der Waals surface area contributed by atoms with E-state index >= 15 is 0 Å². The number of imidazole rings is 1. The SMILES string of the molecule is Cc1cc(-c2ccccn2)nc2c(C(=O)NC(C)C(C)C3CC3)ncn12. The Labute approximate surface area is 152 Å². The molecule has 6 heteroatoms. The van der Waals surface area contributed by atoms with Crippen molar-refractivity contribution < 1.29 is 4.79 Å². The highest BCUT2D eigenvalue weighted by Crippen LogP contribution is 2.38. The Morgan fingerprint density at radius 1 is 1.23 bits per heavy atom. The first kappa shape index (κ1) is 16.7. The largest absolute Gasteiger partial charge is 0.348 e. The van der Waals surface area contributed by atoms with E-state index in [-0.39, 0.29) is 11.9 Å². The number of carbonyl (C=O) groups excluding carboxylic acids is 1. The van der Waals surface area contributed by atoms with Crippen molar-refractivity contribution in [3.8, 4) is 11.4 Å². The summed E-state index contributed by atoms with van der Waals surface area (Å²) < 4.78 is 1.84. The fraction of sp³-hybridized carbons (Fsp3) is 0.400. The van der Waals surface area contributed by atoms with Gasteiger partial charge >= 0.3 is 0 Å². The Hall–Kier alpha value is -2.76. The van der Waals surface area contributed by atoms with Crippen molar-refractivity contribution in [1.29, 1.82) is 0 Å². The second kappa shape index (κ2) is 6.52. The fourth-order valence-electron chi connectivity index (χ4n) is 3.36. The Morgan fingerprint density at radius 2 is 2.04 bits per heavy atom. The lowest BCUT2D eigenvalue weighted by atomic mass is 9.98. The molecule has 1 aliphatic carbocycles. The number of pyridine rings is 1. The molecule has 3 heterocycles. The van der Waals surface area contributed by atoms with Crippen molar-refractivity contribution in [3.63, 3.8) is 0 Å². The summed E-state index contributed by atoms with van der Waals surface area (Å²) in [7, 11) is 0. The maximum Gasteiger partial charge on any atom is 0.274 e. The van der Waals surface area contributed by atoms with Gasteiger partial charge in [0.2, 0.25) is 0 Å². The van der Waals surface area contributed by atoms with Gasteiger partial charge in [-0.1, -0.05) is 13.0 Å². The average Bonchev–Trinajstić information content (AvgIpc) is 3.40. The van der Waals surface area contributed by atoms with E-state index in [0.29, 0.717) is 17.3 Å². The molecule has 2 unspecified atom stereocenters. The summed E-state index contributed by atoms with van der Waals surface area (Å²) in [5.74, 6) is 1.05. The molecule has 1 aliphatic rings. The summed E-state index contributed by atoms with van der Waals surface area (Å²) >= 11 is 0. The molecule has 134 valence electrons. The predicted octanol–water partition coefficient (Wildman–Crippen LogP) is 3.26. The van der Waals surface area contributed by atoms with Gasteiger partial charge < -0.3 is 5.32 Å². The third-order valence-corrected chi connectivity index (χ3v) is 5.35. The lowest BCUT2D eigenvalue weighted by molar-refractivity contribution is 0.0922. The van der Waals surface area contributed by atoms with E-state index in [1.54, 1.807) is 12.5 Å². The van der Waals surface area contributed by atoms with Crippen LogP contribution in [0.1, 0.15) is 42.9 Å². The molecule has 3 aromatic heterocycles. The van der Waals surface area contributed by atoms with Gasteiger partial charge in [-0.15, -0.1) is 0 Å². The first-order valence-electron chi connectivity index (χ1n) is 9.11. The minimum atomic E-state index is -0.169. The quantitative estimate of drug-likeness (QED) is 0.767. The summed E-state index contributed by atoms with van der Waals surface area (Å²) in [6, 6.07) is 7.78. The smallest absolute Gasteiger partial charge is 0.274 e. The topological polar surface area (TPSA) is 72.2 Å². The van der Waals surface area contributed by atoms with Gasteiger partial charge in [-0.3, -0.25) is 14.2 Å². The van der Waals surface area contributed by atoms with Crippen molar-refractivity contribution in [2.24, 2.45) is 11.8 Å². The normalized spacial score (nSPS) is 16.4. The molecule has 0 aliphatic heterocycles. The molecular weight excluding hydrogens is 326 g/mol. The van der Waals surface area contributed by atoms with E-state index in [0.717, 1.165) is 23.0 Å². The van der Waals surface area contributed by atoms with Crippen LogP contribution in [-0.2, 0) is 0 Å². The summed E-state index contributed by atoms with van der Waals surface area (Å²) in [4.78, 5) is 26.2. The minimum Gasteiger partial charge on any atom is -0.348 e. The van der Waals surface area contributed by atoms with E-state index < -0.39 is 0 Å². The number of rotatable bonds is 5. The number of nitrogens with zero attached hydrogens (tertiary/aromatic N) is 4. The minimum absolute atomic E-state index is 0.117. The molecule has 0 radical (unpaired) electrons. The molecule has 0 spiro atoms. The van der Waals surface area contributed by atoms with Crippen LogP contribution in [-0.4, -0.2) is 31.3 Å². The highest BCUT2D eigenvalue weighted by Gasteiger charge is 2.32. The summed E-state index contributed by atoms with van der Waals surface area (Å²) in [5.41, 5.74) is 3.41. The standard InChI is InChI=1S/C20H23N5O/c1-12-10-17(16-6-4-5-9-21-16)24-19-18(22-11-25(12)19)20(26)23-14(3)13(2)15-7-8-15/h4-6,9-11,13-15H,7-8H2,1-3H3,(H,23,26). The van der Waals surface area contributed by atoms with Gasteiger partial charge in [0.25, 0.3) is 5.91 Å². The van der Waals surface area contributed by atoms with Crippen molar-refractivity contribution >= 4 is 11.6 Å². The summed E-state index contributed by atoms with van der Waals surface area (Å²) in [6.07, 6.45) is 5.93. The van der Waals surface area contributed by atoms with Gasteiger partial charge in [-0.2, -0.15) is 0 Å². The van der Waals surface area contributed by atoms with Gasteiger partial charge in [0.1, 0.15) is 6.33 Å². The lowest BCUT2D eigenvalue weighted by Crippen LogP contribution is -2.38. The highest BCUT2D eigenvalue weighted by molar-refractivity contribution is 5.98. The highest BCUT2D eigenvalue weighted by atomic mass is 16.2.